The van der Waals surface area contributed by atoms with E-state index in [-0.39, 0.29) is 5.97 Å². The third-order valence-electron chi connectivity index (χ3n) is 9.53. The molecule has 0 spiro atoms. The lowest BCUT2D eigenvalue weighted by Crippen LogP contribution is -2.47. The number of benzene rings is 2. The van der Waals surface area contributed by atoms with Crippen LogP contribution in [0.25, 0.3) is 16.6 Å². The lowest BCUT2D eigenvalue weighted by molar-refractivity contribution is 0.0601. The quantitative estimate of drug-likeness (QED) is 0.225. The number of aromatic amines is 1. The van der Waals surface area contributed by atoms with Crippen molar-refractivity contribution in [3.8, 4) is 5.88 Å². The van der Waals surface area contributed by atoms with Gasteiger partial charge >= 0.3 is 5.97 Å². The smallest absolute Gasteiger partial charge is 0.339 e. The van der Waals surface area contributed by atoms with Crippen LogP contribution in [0.4, 0.5) is 17.1 Å². The Bertz CT molecular complexity index is 1750. The predicted molar refractivity (Wildman–Crippen MR) is 181 cm³/mol. The Morgan fingerprint density at radius 2 is 1.82 bits per heavy atom. The van der Waals surface area contributed by atoms with E-state index < -0.39 is 0 Å². The molecule has 1 fully saturated rings. The maximum Gasteiger partial charge on any atom is 0.339 e. The number of carbonyl (C=O) groups excluding carboxylic acids is 1. The van der Waals surface area contributed by atoms with E-state index in [0.717, 1.165) is 78.7 Å². The van der Waals surface area contributed by atoms with Crippen LogP contribution in [0.1, 0.15) is 49.0 Å². The maximum atomic E-state index is 12.9. The Labute approximate surface area is 269 Å². The molecule has 2 aromatic heterocycles. The van der Waals surface area contributed by atoms with Gasteiger partial charge < -0.3 is 24.3 Å². The molecule has 7 rings (SSSR count). The van der Waals surface area contributed by atoms with Crippen molar-refractivity contribution in [1.82, 2.24) is 14.9 Å². The number of hydrogen-bond acceptors (Lipinski definition) is 7. The minimum Gasteiger partial charge on any atom is -0.474 e. The summed E-state index contributed by atoms with van der Waals surface area (Å²) in [5.74, 6) is 0.204. The summed E-state index contributed by atoms with van der Waals surface area (Å²) in [6.07, 6.45) is 5.31. The second-order valence-electron chi connectivity index (χ2n) is 13.1. The third-order valence-corrected chi connectivity index (χ3v) is 9.79. The number of nitrogens with zero attached hydrogens (tertiary/aromatic N) is 4. The number of H-pyrrole nitrogens is 1. The molecule has 9 heteroatoms. The van der Waals surface area contributed by atoms with Gasteiger partial charge in [0, 0.05) is 55.0 Å². The first kappa shape index (κ1) is 29.7. The van der Waals surface area contributed by atoms with Crippen molar-refractivity contribution in [3.63, 3.8) is 0 Å². The third kappa shape index (κ3) is 6.01. The molecule has 2 aliphatic heterocycles. The molecule has 234 valence electrons. The summed E-state index contributed by atoms with van der Waals surface area (Å²) in [4.78, 5) is 27.9. The van der Waals surface area contributed by atoms with E-state index in [1.165, 1.54) is 24.7 Å². The summed E-state index contributed by atoms with van der Waals surface area (Å²) >= 11 is 6.22. The van der Waals surface area contributed by atoms with Crippen LogP contribution in [0.5, 0.6) is 5.88 Å². The molecule has 0 amide bonds. The van der Waals surface area contributed by atoms with E-state index >= 15 is 0 Å². The highest BCUT2D eigenvalue weighted by Gasteiger charge is 2.30. The minimum atomic E-state index is -0.356. The molecule has 1 saturated heterocycles. The number of anilines is 3. The lowest BCUT2D eigenvalue weighted by atomic mass is 9.72. The van der Waals surface area contributed by atoms with Crippen molar-refractivity contribution >= 4 is 51.2 Å². The van der Waals surface area contributed by atoms with Crippen molar-refractivity contribution in [2.24, 2.45) is 5.41 Å². The Hall–Kier alpha value is -4.01. The first-order chi connectivity index (χ1) is 21.8. The normalized spacial score (nSPS) is 18.6. The highest BCUT2D eigenvalue weighted by atomic mass is 35.5. The van der Waals surface area contributed by atoms with Gasteiger partial charge in [-0.05, 0) is 78.3 Å². The standard InChI is InChI=1S/C36H40ClN5O3/c1-36(2)12-10-26(30(22-36)24-4-6-27(37)7-5-24)23-40-14-16-41(17-15-40)28-8-9-29(35(43)44-3)31(21-28)42-18-19-45-34-32(42)20-25-11-13-38-33(25)39-34/h4-9,11,13,20-21H,10,12,14-19,22-23H2,1-3H3,(H,38,39). The molecular weight excluding hydrogens is 586 g/mol. The van der Waals surface area contributed by atoms with Crippen LogP contribution in [-0.2, 0) is 4.74 Å². The van der Waals surface area contributed by atoms with Crippen molar-refractivity contribution in [1.29, 1.82) is 0 Å². The first-order valence-electron chi connectivity index (χ1n) is 15.8. The SMILES string of the molecule is COC(=O)c1ccc(N2CCN(CC3=C(c4ccc(Cl)cc4)CC(C)(C)CC3)CC2)cc1N1CCOc2nc3[nH]ccc3cc21. The van der Waals surface area contributed by atoms with Gasteiger partial charge in [0.2, 0.25) is 5.88 Å². The molecule has 4 aromatic rings. The molecule has 4 heterocycles. The van der Waals surface area contributed by atoms with Crippen LogP contribution in [-0.4, -0.2) is 73.8 Å². The highest BCUT2D eigenvalue weighted by molar-refractivity contribution is 6.30. The fourth-order valence-corrected chi connectivity index (χ4v) is 7.10. The van der Waals surface area contributed by atoms with Crippen molar-refractivity contribution in [2.75, 3.05) is 62.8 Å². The molecule has 45 heavy (non-hydrogen) atoms. The van der Waals surface area contributed by atoms with Gasteiger partial charge in [-0.2, -0.15) is 4.98 Å². The van der Waals surface area contributed by atoms with Gasteiger partial charge in [0.1, 0.15) is 17.9 Å². The molecule has 8 nitrogen and oxygen atoms in total. The fourth-order valence-electron chi connectivity index (χ4n) is 6.98. The van der Waals surface area contributed by atoms with E-state index in [2.05, 4.69) is 62.8 Å². The first-order valence-corrected chi connectivity index (χ1v) is 16.2. The van der Waals surface area contributed by atoms with Gasteiger partial charge in [0.15, 0.2) is 0 Å². The molecule has 3 aliphatic rings. The Kier molecular flexibility index (Phi) is 7.96. The predicted octanol–water partition coefficient (Wildman–Crippen LogP) is 7.32. The number of carbonyl (C=O) groups is 1. The number of fused-ring (bicyclic) bond motifs is 2. The number of esters is 1. The number of allylic oxidation sites excluding steroid dienone is 1. The van der Waals surface area contributed by atoms with Crippen LogP contribution < -0.4 is 14.5 Å². The number of methoxy groups -OCH3 is 1. The molecule has 1 aliphatic carbocycles. The molecular formula is C36H40ClN5O3. The number of halogens is 1. The number of aromatic nitrogens is 2. The van der Waals surface area contributed by atoms with E-state index in [1.807, 2.05) is 36.5 Å². The largest absolute Gasteiger partial charge is 0.474 e. The average Bonchev–Trinajstić information content (AvgIpc) is 3.52. The summed E-state index contributed by atoms with van der Waals surface area (Å²) in [7, 11) is 1.43. The zero-order valence-electron chi connectivity index (χ0n) is 26.2. The zero-order chi connectivity index (χ0) is 31.1. The molecule has 0 unspecified atom stereocenters. The topological polar surface area (TPSA) is 73.9 Å². The van der Waals surface area contributed by atoms with Crippen molar-refractivity contribution in [3.05, 3.63) is 82.5 Å². The van der Waals surface area contributed by atoms with Gasteiger partial charge in [-0.1, -0.05) is 43.2 Å². The van der Waals surface area contributed by atoms with Crippen LogP contribution in [0.2, 0.25) is 5.02 Å². The van der Waals surface area contributed by atoms with Gasteiger partial charge in [0.05, 0.1) is 24.9 Å². The van der Waals surface area contributed by atoms with E-state index in [1.54, 1.807) is 5.57 Å². The van der Waals surface area contributed by atoms with Gasteiger partial charge in [-0.25, -0.2) is 4.79 Å². The second-order valence-corrected chi connectivity index (χ2v) is 13.6. The molecule has 2 aromatic carbocycles. The van der Waals surface area contributed by atoms with Crippen molar-refractivity contribution in [2.45, 2.75) is 33.1 Å². The molecule has 0 atom stereocenters. The van der Waals surface area contributed by atoms with Crippen LogP contribution >= 0.6 is 11.6 Å². The van der Waals surface area contributed by atoms with Gasteiger partial charge in [-0.15, -0.1) is 0 Å². The Morgan fingerprint density at radius 3 is 2.60 bits per heavy atom. The summed E-state index contributed by atoms with van der Waals surface area (Å²) in [5, 5.41) is 1.77. The van der Waals surface area contributed by atoms with Gasteiger partial charge in [-0.3, -0.25) is 4.90 Å². The molecule has 0 saturated carbocycles. The summed E-state index contributed by atoms with van der Waals surface area (Å²) in [6.45, 7) is 10.6. The monoisotopic (exact) mass is 625 g/mol. The highest BCUT2D eigenvalue weighted by Crippen LogP contribution is 2.44. The zero-order valence-corrected chi connectivity index (χ0v) is 27.0. The van der Waals surface area contributed by atoms with E-state index in [0.29, 0.717) is 30.0 Å². The maximum absolute atomic E-state index is 12.9. The Balaban J connectivity index is 1.12. The summed E-state index contributed by atoms with van der Waals surface area (Å²) in [5.41, 5.74) is 8.73. The van der Waals surface area contributed by atoms with E-state index in [9.17, 15) is 4.79 Å². The summed E-state index contributed by atoms with van der Waals surface area (Å²) in [6, 6.07) is 18.5. The number of pyridine rings is 1. The van der Waals surface area contributed by atoms with Crippen LogP contribution in [0, 0.1) is 5.41 Å². The lowest BCUT2D eigenvalue weighted by Gasteiger charge is -2.39. The van der Waals surface area contributed by atoms with Crippen LogP contribution in [0.15, 0.2) is 66.4 Å². The second kappa shape index (κ2) is 12.1. The van der Waals surface area contributed by atoms with Crippen molar-refractivity contribution < 1.29 is 14.3 Å². The molecule has 0 radical (unpaired) electrons. The number of hydrogen-bond donors (Lipinski definition) is 1. The number of ether oxygens (including phenoxy) is 2. The molecule has 0 bridgehead atoms. The minimum absolute atomic E-state index is 0.302. The molecule has 1 N–H and O–H groups in total. The number of rotatable bonds is 6. The number of piperazine rings is 1. The summed E-state index contributed by atoms with van der Waals surface area (Å²) < 4.78 is 11.1. The van der Waals surface area contributed by atoms with Crippen LogP contribution in [0.3, 0.4) is 0 Å². The average molecular weight is 626 g/mol. The Morgan fingerprint density at radius 1 is 1.02 bits per heavy atom. The fraction of sp³-hybridized carbons (Fsp3) is 0.389. The van der Waals surface area contributed by atoms with Gasteiger partial charge in [0.25, 0.3) is 0 Å². The number of nitrogens with one attached hydrogen (secondary N) is 1. The van der Waals surface area contributed by atoms with E-state index in [4.69, 9.17) is 21.1 Å².